The third-order valence-corrected chi connectivity index (χ3v) is 7.72. The van der Waals surface area contributed by atoms with Gasteiger partial charge >= 0.3 is 0 Å². The summed E-state index contributed by atoms with van der Waals surface area (Å²) >= 11 is 1.61. The van der Waals surface area contributed by atoms with Crippen molar-refractivity contribution in [1.29, 1.82) is 5.26 Å². The lowest BCUT2D eigenvalue weighted by Gasteiger charge is -2.24. The van der Waals surface area contributed by atoms with Gasteiger partial charge in [-0.2, -0.15) is 5.26 Å². The molecule has 6 rings (SSSR count). The van der Waals surface area contributed by atoms with Crippen LogP contribution in [0, 0.1) is 11.3 Å². The van der Waals surface area contributed by atoms with Crippen LogP contribution in [0.2, 0.25) is 0 Å². The number of allylic oxidation sites excluding steroid dienone is 1. The van der Waals surface area contributed by atoms with Gasteiger partial charge in [0.2, 0.25) is 5.88 Å². The second-order valence-corrected chi connectivity index (χ2v) is 10.1. The minimum atomic E-state index is -0.372. The molecule has 1 aliphatic rings. The third kappa shape index (κ3) is 4.56. The number of nitrogens with zero attached hydrogens (tertiary/aromatic N) is 1. The summed E-state index contributed by atoms with van der Waals surface area (Å²) in [4.78, 5) is 0.948. The standard InChI is InChI=1S/C32H24N2O3S/c33-18-25-29(31-30(37-32(25)34)24-13-7-8-14-28(24)38-31)23-15-16-26(35-19-21-9-3-1-4-10-21)27(17-23)36-20-22-11-5-2-6-12-22/h1-17,29H,19-20,34H2. The quantitative estimate of drug-likeness (QED) is 0.246. The molecule has 0 bridgehead atoms. The number of nitrogens with two attached hydrogens (primary N) is 1. The van der Waals surface area contributed by atoms with Crippen LogP contribution < -0.4 is 19.9 Å². The summed E-state index contributed by atoms with van der Waals surface area (Å²) in [5, 5.41) is 11.0. The second-order valence-electron chi connectivity index (χ2n) is 8.97. The lowest BCUT2D eigenvalue weighted by molar-refractivity contribution is 0.255. The van der Waals surface area contributed by atoms with Crippen LogP contribution in [0.1, 0.15) is 27.5 Å². The number of fused-ring (bicyclic) bond motifs is 3. The van der Waals surface area contributed by atoms with E-state index in [0.717, 1.165) is 31.7 Å². The molecule has 5 aromatic rings. The Morgan fingerprint density at radius 2 is 1.42 bits per heavy atom. The van der Waals surface area contributed by atoms with Crippen molar-refractivity contribution < 1.29 is 14.2 Å². The largest absolute Gasteiger partial charge is 0.485 e. The number of hydrogen-bond donors (Lipinski definition) is 1. The number of thiophene rings is 1. The van der Waals surface area contributed by atoms with Gasteiger partial charge in [0.1, 0.15) is 24.9 Å². The molecule has 0 radical (unpaired) electrons. The highest BCUT2D eigenvalue weighted by atomic mass is 32.1. The Bertz CT molecular complexity index is 1670. The zero-order valence-electron chi connectivity index (χ0n) is 20.5. The Morgan fingerprint density at radius 1 is 0.789 bits per heavy atom. The van der Waals surface area contributed by atoms with Gasteiger partial charge in [0.25, 0.3) is 0 Å². The van der Waals surface area contributed by atoms with Crippen LogP contribution in [0.4, 0.5) is 0 Å². The Kier molecular flexibility index (Phi) is 6.43. The number of benzene rings is 4. The van der Waals surface area contributed by atoms with E-state index >= 15 is 0 Å². The van der Waals surface area contributed by atoms with Crippen LogP contribution in [0.3, 0.4) is 0 Å². The van der Waals surface area contributed by atoms with Crippen molar-refractivity contribution in [2.45, 2.75) is 19.1 Å². The maximum absolute atomic E-state index is 10.1. The molecule has 1 atom stereocenters. The van der Waals surface area contributed by atoms with Gasteiger partial charge in [-0.1, -0.05) is 78.9 Å². The molecular weight excluding hydrogens is 492 g/mol. The van der Waals surface area contributed by atoms with Crippen LogP contribution in [-0.2, 0) is 13.2 Å². The normalized spacial score (nSPS) is 14.4. The number of ether oxygens (including phenoxy) is 3. The van der Waals surface area contributed by atoms with E-state index in [0.29, 0.717) is 36.0 Å². The molecule has 186 valence electrons. The fourth-order valence-corrected chi connectivity index (χ4v) is 5.89. The summed E-state index contributed by atoms with van der Waals surface area (Å²) in [5.41, 5.74) is 9.66. The summed E-state index contributed by atoms with van der Waals surface area (Å²) in [6.45, 7) is 0.799. The zero-order chi connectivity index (χ0) is 25.9. The van der Waals surface area contributed by atoms with Crippen LogP contribution in [-0.4, -0.2) is 0 Å². The van der Waals surface area contributed by atoms with E-state index in [9.17, 15) is 5.26 Å². The Morgan fingerprint density at radius 3 is 2.11 bits per heavy atom. The first-order valence-electron chi connectivity index (χ1n) is 12.3. The van der Waals surface area contributed by atoms with Gasteiger partial charge in [0.15, 0.2) is 17.2 Å². The number of rotatable bonds is 7. The van der Waals surface area contributed by atoms with Crippen LogP contribution >= 0.6 is 11.3 Å². The monoisotopic (exact) mass is 516 g/mol. The number of hydrogen-bond acceptors (Lipinski definition) is 6. The topological polar surface area (TPSA) is 77.5 Å². The van der Waals surface area contributed by atoms with Crippen molar-refractivity contribution in [3.05, 3.63) is 136 Å². The second kappa shape index (κ2) is 10.3. The molecule has 6 heteroatoms. The van der Waals surface area contributed by atoms with E-state index in [-0.39, 0.29) is 11.8 Å². The Labute approximate surface area is 224 Å². The van der Waals surface area contributed by atoms with Gasteiger partial charge in [-0.25, -0.2) is 0 Å². The molecule has 0 saturated carbocycles. The predicted molar refractivity (Wildman–Crippen MR) is 149 cm³/mol. The van der Waals surface area contributed by atoms with Crippen molar-refractivity contribution in [3.63, 3.8) is 0 Å². The fourth-order valence-electron chi connectivity index (χ4n) is 4.62. The highest BCUT2D eigenvalue weighted by molar-refractivity contribution is 7.19. The highest BCUT2D eigenvalue weighted by Gasteiger charge is 2.34. The molecule has 0 aliphatic carbocycles. The molecule has 1 unspecified atom stereocenters. The third-order valence-electron chi connectivity index (χ3n) is 6.50. The van der Waals surface area contributed by atoms with Crippen molar-refractivity contribution >= 4 is 21.4 Å². The van der Waals surface area contributed by atoms with Gasteiger partial charge in [0.05, 0.1) is 10.8 Å². The lowest BCUT2D eigenvalue weighted by Crippen LogP contribution is -2.19. The molecular formula is C32H24N2O3S. The van der Waals surface area contributed by atoms with Crippen molar-refractivity contribution in [3.8, 4) is 23.3 Å². The van der Waals surface area contributed by atoms with Gasteiger partial charge in [-0.3, -0.25) is 0 Å². The average molecular weight is 517 g/mol. The molecule has 38 heavy (non-hydrogen) atoms. The molecule has 4 aromatic carbocycles. The molecule has 0 fully saturated rings. The van der Waals surface area contributed by atoms with E-state index in [1.54, 1.807) is 11.3 Å². The summed E-state index contributed by atoms with van der Waals surface area (Å²) in [5.74, 6) is 1.70. The molecule has 0 spiro atoms. The van der Waals surface area contributed by atoms with E-state index in [4.69, 9.17) is 19.9 Å². The molecule has 1 aromatic heterocycles. The molecule has 0 saturated heterocycles. The smallest absolute Gasteiger partial charge is 0.205 e. The maximum Gasteiger partial charge on any atom is 0.205 e. The van der Waals surface area contributed by atoms with Crippen LogP contribution in [0.25, 0.3) is 10.1 Å². The van der Waals surface area contributed by atoms with E-state index in [2.05, 4.69) is 12.1 Å². The van der Waals surface area contributed by atoms with E-state index in [1.807, 2.05) is 97.1 Å². The van der Waals surface area contributed by atoms with Crippen molar-refractivity contribution in [2.24, 2.45) is 5.73 Å². The molecule has 2 heterocycles. The number of nitriles is 1. The predicted octanol–water partition coefficient (Wildman–Crippen LogP) is 7.28. The summed E-state index contributed by atoms with van der Waals surface area (Å²) in [6.07, 6.45) is 0. The first-order chi connectivity index (χ1) is 18.7. The van der Waals surface area contributed by atoms with Crippen molar-refractivity contribution in [1.82, 2.24) is 0 Å². The highest BCUT2D eigenvalue weighted by Crippen LogP contribution is 2.51. The first kappa shape index (κ1) is 23.7. The van der Waals surface area contributed by atoms with E-state index in [1.165, 1.54) is 0 Å². The minimum Gasteiger partial charge on any atom is -0.485 e. The zero-order valence-corrected chi connectivity index (χ0v) is 21.3. The Balaban J connectivity index is 1.40. The van der Waals surface area contributed by atoms with Gasteiger partial charge < -0.3 is 19.9 Å². The average Bonchev–Trinajstić information content (AvgIpc) is 3.33. The van der Waals surface area contributed by atoms with E-state index < -0.39 is 0 Å². The summed E-state index contributed by atoms with van der Waals surface area (Å²) in [7, 11) is 0. The maximum atomic E-state index is 10.1. The van der Waals surface area contributed by atoms with Crippen LogP contribution in [0.5, 0.6) is 17.2 Å². The first-order valence-corrected chi connectivity index (χ1v) is 13.1. The molecule has 5 nitrogen and oxygen atoms in total. The molecule has 2 N–H and O–H groups in total. The summed E-state index contributed by atoms with van der Waals surface area (Å²) in [6, 6.07) is 36.2. The lowest BCUT2D eigenvalue weighted by atomic mass is 9.88. The minimum absolute atomic E-state index is 0.129. The molecule has 0 amide bonds. The fraction of sp³-hybridized carbons (Fsp3) is 0.0938. The van der Waals surface area contributed by atoms with Crippen LogP contribution in [0.15, 0.2) is 115 Å². The van der Waals surface area contributed by atoms with Gasteiger partial charge in [-0.15, -0.1) is 11.3 Å². The molecule has 1 aliphatic heterocycles. The van der Waals surface area contributed by atoms with Crippen molar-refractivity contribution in [2.75, 3.05) is 0 Å². The SMILES string of the molecule is N#CC1=C(N)Oc2c(sc3ccccc23)C1c1ccc(OCc2ccccc2)c(OCc2ccccc2)c1. The van der Waals surface area contributed by atoms with Gasteiger partial charge in [0, 0.05) is 10.1 Å². The summed E-state index contributed by atoms with van der Waals surface area (Å²) < 4.78 is 19.6. The van der Waals surface area contributed by atoms with Gasteiger partial charge in [-0.05, 0) is 41.0 Å². The Hall–Kier alpha value is -4.73.